The molecule has 1 atom stereocenters. The summed E-state index contributed by atoms with van der Waals surface area (Å²) in [6, 6.07) is 1.93. The van der Waals surface area contributed by atoms with E-state index >= 15 is 0 Å². The van der Waals surface area contributed by atoms with Crippen LogP contribution in [0.5, 0.6) is 0 Å². The van der Waals surface area contributed by atoms with Gasteiger partial charge in [0.1, 0.15) is 0 Å². The molecule has 0 radical (unpaired) electrons. The first-order valence-electron chi connectivity index (χ1n) is 8.53. The Kier molecular flexibility index (Phi) is 3.72. The highest BCUT2D eigenvalue weighted by atomic mass is 15.5. The van der Waals surface area contributed by atoms with Gasteiger partial charge in [-0.15, -0.1) is 5.10 Å². The summed E-state index contributed by atoms with van der Waals surface area (Å²) in [5.41, 5.74) is 2.49. The summed E-state index contributed by atoms with van der Waals surface area (Å²) in [5.74, 6) is 1.27. The Labute approximate surface area is 147 Å². The number of likely N-dealkylation sites (tertiary alicyclic amines) is 1. The Morgan fingerprint density at radius 1 is 1.20 bits per heavy atom. The molecule has 132 valence electrons. The summed E-state index contributed by atoms with van der Waals surface area (Å²) in [6.45, 7) is 7.50. The molecule has 0 aliphatic carbocycles. The zero-order chi connectivity index (χ0) is 17.6. The van der Waals surface area contributed by atoms with E-state index in [4.69, 9.17) is 0 Å². The van der Waals surface area contributed by atoms with E-state index in [0.29, 0.717) is 5.92 Å². The fourth-order valence-electron chi connectivity index (χ4n) is 3.79. The minimum absolute atomic E-state index is 0.208. The summed E-state index contributed by atoms with van der Waals surface area (Å²) >= 11 is 0. The van der Waals surface area contributed by atoms with Gasteiger partial charge in [-0.05, 0) is 11.0 Å². The smallest absolute Gasteiger partial charge is 0.176 e. The Balaban J connectivity index is 1.48. The number of hydrogen-bond donors (Lipinski definition) is 0. The first-order chi connectivity index (χ1) is 11.9. The zero-order valence-corrected chi connectivity index (χ0v) is 15.2. The van der Waals surface area contributed by atoms with E-state index in [1.54, 1.807) is 9.36 Å². The van der Waals surface area contributed by atoms with Crippen LogP contribution >= 0.6 is 0 Å². The van der Waals surface area contributed by atoms with E-state index in [-0.39, 0.29) is 5.41 Å². The van der Waals surface area contributed by atoms with Gasteiger partial charge in [0.25, 0.3) is 0 Å². The molecule has 0 aromatic carbocycles. The number of nitrogens with zero attached hydrogens (tertiary/aromatic N) is 8. The lowest BCUT2D eigenvalue weighted by Crippen LogP contribution is -2.23. The van der Waals surface area contributed by atoms with E-state index in [1.165, 1.54) is 5.56 Å². The molecule has 1 aliphatic heterocycles. The molecule has 8 heteroatoms. The van der Waals surface area contributed by atoms with Crippen molar-refractivity contribution in [2.45, 2.75) is 26.3 Å². The molecule has 0 spiro atoms. The van der Waals surface area contributed by atoms with Crippen LogP contribution < -0.4 is 0 Å². The van der Waals surface area contributed by atoms with Gasteiger partial charge in [0, 0.05) is 58.1 Å². The van der Waals surface area contributed by atoms with Gasteiger partial charge in [-0.3, -0.25) is 14.3 Å². The molecule has 1 fully saturated rings. The first-order valence-corrected chi connectivity index (χ1v) is 8.53. The molecule has 8 nitrogen and oxygen atoms in total. The fourth-order valence-corrected chi connectivity index (χ4v) is 3.79. The second-order valence-corrected chi connectivity index (χ2v) is 7.66. The number of rotatable bonds is 4. The molecule has 0 amide bonds. The molecule has 0 bridgehead atoms. The lowest BCUT2D eigenvalue weighted by Gasteiger charge is -2.24. The third-order valence-electron chi connectivity index (χ3n) is 5.00. The molecule has 25 heavy (non-hydrogen) atoms. The van der Waals surface area contributed by atoms with Crippen molar-refractivity contribution in [3.8, 4) is 5.82 Å². The van der Waals surface area contributed by atoms with Gasteiger partial charge in [0.2, 0.25) is 0 Å². The van der Waals surface area contributed by atoms with Gasteiger partial charge in [-0.1, -0.05) is 19.1 Å². The van der Waals surface area contributed by atoms with Gasteiger partial charge in [-0.25, -0.2) is 4.68 Å². The average molecular weight is 340 g/mol. The van der Waals surface area contributed by atoms with E-state index in [2.05, 4.69) is 45.5 Å². The van der Waals surface area contributed by atoms with Gasteiger partial charge in [0.05, 0.1) is 18.1 Å². The third kappa shape index (κ3) is 3.09. The molecule has 1 saturated heterocycles. The molecule has 3 aromatic rings. The highest BCUT2D eigenvalue weighted by Gasteiger charge is 2.40. The van der Waals surface area contributed by atoms with Crippen LogP contribution in [0.4, 0.5) is 0 Å². The molecule has 0 saturated carbocycles. The maximum Gasteiger partial charge on any atom is 0.176 e. The Bertz CT molecular complexity index is 871. The molecule has 0 N–H and O–H groups in total. The summed E-state index contributed by atoms with van der Waals surface area (Å²) < 4.78 is 5.37. The van der Waals surface area contributed by atoms with Crippen molar-refractivity contribution in [3.05, 3.63) is 42.1 Å². The van der Waals surface area contributed by atoms with Crippen molar-refractivity contribution in [3.63, 3.8) is 0 Å². The maximum absolute atomic E-state index is 4.36. The second-order valence-electron chi connectivity index (χ2n) is 7.66. The standard InChI is InChI=1S/C17H24N8/c1-17(2)12-24(11-15(17)13-7-18-23(4)8-13)9-14-10-25(21-19-14)16-5-6-22(3)20-16/h5-8,10,15H,9,11-12H2,1-4H3. The molecular weight excluding hydrogens is 316 g/mol. The molecule has 1 unspecified atom stereocenters. The quantitative estimate of drug-likeness (QED) is 0.717. The van der Waals surface area contributed by atoms with Gasteiger partial charge < -0.3 is 0 Å². The van der Waals surface area contributed by atoms with Crippen molar-refractivity contribution in [2.24, 2.45) is 19.5 Å². The minimum atomic E-state index is 0.208. The summed E-state index contributed by atoms with van der Waals surface area (Å²) in [6.07, 6.45) is 7.99. The first kappa shape index (κ1) is 16.0. The number of hydrogen-bond acceptors (Lipinski definition) is 5. The molecule has 1 aliphatic rings. The van der Waals surface area contributed by atoms with E-state index in [1.807, 2.05) is 43.4 Å². The summed E-state index contributed by atoms with van der Waals surface area (Å²) in [5, 5.41) is 17.2. The molecular formula is C17H24N8. The van der Waals surface area contributed by atoms with Crippen LogP contribution in [0.1, 0.15) is 31.0 Å². The highest BCUT2D eigenvalue weighted by molar-refractivity contribution is 5.20. The van der Waals surface area contributed by atoms with Crippen LogP contribution in [0, 0.1) is 5.41 Å². The summed E-state index contributed by atoms with van der Waals surface area (Å²) in [4.78, 5) is 2.45. The van der Waals surface area contributed by atoms with Crippen molar-refractivity contribution < 1.29 is 0 Å². The SMILES string of the molecule is Cn1cc(C2CN(Cc3cn(-c4ccn(C)n4)nn3)CC2(C)C)cn1. The van der Waals surface area contributed by atoms with Crippen LogP contribution in [0.3, 0.4) is 0 Å². The maximum atomic E-state index is 4.36. The van der Waals surface area contributed by atoms with Crippen molar-refractivity contribution >= 4 is 0 Å². The monoisotopic (exact) mass is 340 g/mol. The van der Waals surface area contributed by atoms with E-state index in [9.17, 15) is 0 Å². The van der Waals surface area contributed by atoms with E-state index in [0.717, 1.165) is 31.1 Å². The molecule has 4 rings (SSSR count). The zero-order valence-electron chi connectivity index (χ0n) is 15.2. The highest BCUT2D eigenvalue weighted by Crippen LogP contribution is 2.42. The normalized spacial score (nSPS) is 20.4. The van der Waals surface area contributed by atoms with Gasteiger partial charge >= 0.3 is 0 Å². The minimum Gasteiger partial charge on any atom is -0.296 e. The predicted molar refractivity (Wildman–Crippen MR) is 93.1 cm³/mol. The van der Waals surface area contributed by atoms with Crippen LogP contribution in [0.2, 0.25) is 0 Å². The van der Waals surface area contributed by atoms with Crippen LogP contribution in [0.25, 0.3) is 5.82 Å². The summed E-state index contributed by atoms with van der Waals surface area (Å²) in [7, 11) is 3.87. The Morgan fingerprint density at radius 2 is 2.04 bits per heavy atom. The lowest BCUT2D eigenvalue weighted by atomic mass is 9.79. The fraction of sp³-hybridized carbons (Fsp3) is 0.529. The average Bonchev–Trinajstić information content (AvgIpc) is 3.28. The Morgan fingerprint density at radius 3 is 2.72 bits per heavy atom. The number of aromatic nitrogens is 7. The van der Waals surface area contributed by atoms with Crippen LogP contribution in [-0.2, 0) is 20.6 Å². The molecule has 3 aromatic heterocycles. The van der Waals surface area contributed by atoms with Crippen molar-refractivity contribution in [2.75, 3.05) is 13.1 Å². The van der Waals surface area contributed by atoms with Crippen molar-refractivity contribution in [1.82, 2.24) is 39.5 Å². The van der Waals surface area contributed by atoms with Crippen LogP contribution in [-0.4, -0.2) is 52.5 Å². The van der Waals surface area contributed by atoms with Crippen LogP contribution in [0.15, 0.2) is 30.9 Å². The number of aryl methyl sites for hydroxylation is 2. The third-order valence-corrected chi connectivity index (χ3v) is 5.00. The van der Waals surface area contributed by atoms with Gasteiger partial charge in [0.15, 0.2) is 5.82 Å². The predicted octanol–water partition coefficient (Wildman–Crippen LogP) is 1.36. The lowest BCUT2D eigenvalue weighted by molar-refractivity contribution is 0.279. The van der Waals surface area contributed by atoms with Gasteiger partial charge in [-0.2, -0.15) is 10.2 Å². The van der Waals surface area contributed by atoms with E-state index < -0.39 is 0 Å². The topological polar surface area (TPSA) is 69.6 Å². The largest absolute Gasteiger partial charge is 0.296 e. The second kappa shape index (κ2) is 5.80. The Hall–Kier alpha value is -2.48. The molecule has 4 heterocycles. The van der Waals surface area contributed by atoms with Crippen molar-refractivity contribution in [1.29, 1.82) is 0 Å².